The van der Waals surface area contributed by atoms with Crippen LogP contribution in [0.25, 0.3) is 0 Å². The van der Waals surface area contributed by atoms with Gasteiger partial charge in [-0.1, -0.05) is 18.5 Å². The second kappa shape index (κ2) is 4.68. The fourth-order valence-corrected chi connectivity index (χ4v) is 1.65. The zero-order valence-corrected chi connectivity index (χ0v) is 8.08. The molecule has 0 nitrogen and oxygen atoms in total. The molecule has 0 atom stereocenters. The Hall–Kier alpha value is -0.140. The van der Waals surface area contributed by atoms with Crippen LogP contribution in [0, 0.1) is 0 Å². The summed E-state index contributed by atoms with van der Waals surface area (Å²) in [7, 11) is 0. The molecule has 0 fully saturated rings. The molecule has 1 aromatic rings. The first-order chi connectivity index (χ1) is 5.33. The molecule has 0 bridgehead atoms. The smallest absolute Gasteiger partial charge is 0.0406 e. The zero-order valence-electron chi connectivity index (χ0n) is 6.51. The van der Waals surface area contributed by atoms with Gasteiger partial charge in [-0.15, -0.1) is 11.8 Å². The van der Waals surface area contributed by atoms with Crippen molar-refractivity contribution in [3.63, 3.8) is 0 Å². The lowest BCUT2D eigenvalue weighted by Crippen LogP contribution is -1.74. The van der Waals surface area contributed by atoms with Gasteiger partial charge in [0.05, 0.1) is 0 Å². The van der Waals surface area contributed by atoms with Crippen LogP contribution in [0.4, 0.5) is 0 Å². The van der Waals surface area contributed by atoms with Crippen molar-refractivity contribution in [1.29, 1.82) is 0 Å². The van der Waals surface area contributed by atoms with Crippen LogP contribution < -0.4 is 0 Å². The van der Waals surface area contributed by atoms with E-state index < -0.39 is 0 Å². The van der Waals surface area contributed by atoms with Gasteiger partial charge < -0.3 is 0 Å². The lowest BCUT2D eigenvalue weighted by atomic mass is 10.4. The summed E-state index contributed by atoms with van der Waals surface area (Å²) in [6.07, 6.45) is 1.22. The molecule has 1 aromatic carbocycles. The van der Waals surface area contributed by atoms with Crippen molar-refractivity contribution in [1.82, 2.24) is 0 Å². The predicted molar refractivity (Wildman–Crippen MR) is 52.5 cm³/mol. The molecule has 0 radical (unpaired) electrons. The van der Waals surface area contributed by atoms with Crippen molar-refractivity contribution in [3.05, 3.63) is 29.3 Å². The van der Waals surface area contributed by atoms with Gasteiger partial charge >= 0.3 is 0 Å². The summed E-state index contributed by atoms with van der Waals surface area (Å²) >= 11 is 7.61. The molecule has 0 N–H and O–H groups in total. The standard InChI is InChI=1S/C9H11ClS/c1-2-7-11-9-5-3-8(10)4-6-9/h3-6H,2,7H2,1H3. The topological polar surface area (TPSA) is 0 Å². The number of halogens is 1. The minimum Gasteiger partial charge on any atom is -0.126 e. The number of hydrogen-bond acceptors (Lipinski definition) is 1. The lowest BCUT2D eigenvalue weighted by Gasteiger charge is -1.97. The first-order valence-corrected chi connectivity index (χ1v) is 5.07. The van der Waals surface area contributed by atoms with Gasteiger partial charge in [-0.25, -0.2) is 0 Å². The van der Waals surface area contributed by atoms with Crippen LogP contribution in [0.5, 0.6) is 0 Å². The highest BCUT2D eigenvalue weighted by atomic mass is 35.5. The molecule has 1 rings (SSSR count). The highest BCUT2D eigenvalue weighted by molar-refractivity contribution is 7.99. The number of rotatable bonds is 3. The number of benzene rings is 1. The van der Waals surface area contributed by atoms with E-state index in [0.29, 0.717) is 0 Å². The van der Waals surface area contributed by atoms with Crippen molar-refractivity contribution in [2.45, 2.75) is 18.2 Å². The summed E-state index contributed by atoms with van der Waals surface area (Å²) in [6, 6.07) is 7.98. The van der Waals surface area contributed by atoms with Gasteiger partial charge in [0.25, 0.3) is 0 Å². The Kier molecular flexibility index (Phi) is 3.81. The van der Waals surface area contributed by atoms with Crippen LogP contribution >= 0.6 is 23.4 Å². The Bertz CT molecular complexity index is 205. The van der Waals surface area contributed by atoms with Gasteiger partial charge in [-0.3, -0.25) is 0 Å². The fraction of sp³-hybridized carbons (Fsp3) is 0.333. The van der Waals surface area contributed by atoms with Crippen LogP contribution in [0.2, 0.25) is 5.02 Å². The number of thioether (sulfide) groups is 1. The van der Waals surface area contributed by atoms with Crippen molar-refractivity contribution in [2.24, 2.45) is 0 Å². The van der Waals surface area contributed by atoms with E-state index in [1.165, 1.54) is 17.1 Å². The maximum Gasteiger partial charge on any atom is 0.0406 e. The second-order valence-corrected chi connectivity index (χ2v) is 3.91. The number of hydrogen-bond donors (Lipinski definition) is 0. The summed E-state index contributed by atoms with van der Waals surface area (Å²) < 4.78 is 0. The maximum absolute atomic E-state index is 5.74. The van der Waals surface area contributed by atoms with Crippen LogP contribution in [-0.2, 0) is 0 Å². The van der Waals surface area contributed by atoms with Gasteiger partial charge in [-0.05, 0) is 36.4 Å². The van der Waals surface area contributed by atoms with Gasteiger partial charge in [0.15, 0.2) is 0 Å². The third-order valence-corrected chi connectivity index (χ3v) is 2.76. The molecule has 0 saturated heterocycles. The van der Waals surface area contributed by atoms with Crippen molar-refractivity contribution in [3.8, 4) is 0 Å². The largest absolute Gasteiger partial charge is 0.126 e. The van der Waals surface area contributed by atoms with Crippen LogP contribution in [-0.4, -0.2) is 5.75 Å². The molecule has 0 unspecified atom stereocenters. The predicted octanol–water partition coefficient (Wildman–Crippen LogP) is 3.84. The third kappa shape index (κ3) is 3.17. The van der Waals surface area contributed by atoms with E-state index in [2.05, 4.69) is 19.1 Å². The average Bonchev–Trinajstić information content (AvgIpc) is 2.04. The maximum atomic E-state index is 5.74. The molecule has 0 aromatic heterocycles. The molecule has 0 aliphatic heterocycles. The quantitative estimate of drug-likeness (QED) is 0.647. The molecule has 60 valence electrons. The third-order valence-electron chi connectivity index (χ3n) is 1.29. The summed E-state index contributed by atoms with van der Waals surface area (Å²) in [6.45, 7) is 2.18. The summed E-state index contributed by atoms with van der Waals surface area (Å²) in [5.74, 6) is 1.18. The van der Waals surface area contributed by atoms with Crippen molar-refractivity contribution < 1.29 is 0 Å². The molecule has 0 saturated carbocycles. The summed E-state index contributed by atoms with van der Waals surface area (Å²) in [4.78, 5) is 1.30. The average molecular weight is 187 g/mol. The molecular formula is C9H11ClS. The molecule has 0 spiro atoms. The minimum atomic E-state index is 0.811. The lowest BCUT2D eigenvalue weighted by molar-refractivity contribution is 1.10. The monoisotopic (exact) mass is 186 g/mol. The van der Waals surface area contributed by atoms with E-state index in [1.807, 2.05) is 23.9 Å². The SMILES string of the molecule is CCCSc1ccc(Cl)cc1. The Labute approximate surface area is 77.0 Å². The fourth-order valence-electron chi connectivity index (χ4n) is 0.751. The Morgan fingerprint density at radius 2 is 1.91 bits per heavy atom. The molecule has 0 aliphatic carbocycles. The molecule has 11 heavy (non-hydrogen) atoms. The van der Waals surface area contributed by atoms with Crippen molar-refractivity contribution >= 4 is 23.4 Å². The van der Waals surface area contributed by atoms with Crippen LogP contribution in [0.3, 0.4) is 0 Å². The Morgan fingerprint density at radius 1 is 1.27 bits per heavy atom. The van der Waals surface area contributed by atoms with E-state index in [-0.39, 0.29) is 0 Å². The second-order valence-electron chi connectivity index (χ2n) is 2.30. The van der Waals surface area contributed by atoms with E-state index in [9.17, 15) is 0 Å². The highest BCUT2D eigenvalue weighted by Crippen LogP contribution is 2.20. The first kappa shape index (κ1) is 8.95. The molecule has 0 amide bonds. The molecule has 2 heteroatoms. The Balaban J connectivity index is 2.52. The van der Waals surface area contributed by atoms with E-state index >= 15 is 0 Å². The minimum absolute atomic E-state index is 0.811. The van der Waals surface area contributed by atoms with Gasteiger partial charge in [0.2, 0.25) is 0 Å². The highest BCUT2D eigenvalue weighted by Gasteiger charge is 1.91. The van der Waals surface area contributed by atoms with Crippen LogP contribution in [0.1, 0.15) is 13.3 Å². The van der Waals surface area contributed by atoms with Gasteiger partial charge in [0.1, 0.15) is 0 Å². The van der Waals surface area contributed by atoms with E-state index in [1.54, 1.807) is 0 Å². The zero-order chi connectivity index (χ0) is 8.10. The van der Waals surface area contributed by atoms with Gasteiger partial charge in [-0.2, -0.15) is 0 Å². The summed E-state index contributed by atoms with van der Waals surface area (Å²) in [5, 5.41) is 0.811. The molecule has 0 aliphatic rings. The van der Waals surface area contributed by atoms with Crippen LogP contribution in [0.15, 0.2) is 29.2 Å². The Morgan fingerprint density at radius 3 is 2.45 bits per heavy atom. The van der Waals surface area contributed by atoms with Gasteiger partial charge in [0, 0.05) is 9.92 Å². The van der Waals surface area contributed by atoms with E-state index in [0.717, 1.165) is 5.02 Å². The van der Waals surface area contributed by atoms with Crippen molar-refractivity contribution in [2.75, 3.05) is 5.75 Å². The normalized spacial score (nSPS) is 10.0. The molecule has 0 heterocycles. The first-order valence-electron chi connectivity index (χ1n) is 3.71. The summed E-state index contributed by atoms with van der Waals surface area (Å²) in [5.41, 5.74) is 0. The van der Waals surface area contributed by atoms with E-state index in [4.69, 9.17) is 11.6 Å². The molecular weight excluding hydrogens is 176 g/mol.